The highest BCUT2D eigenvalue weighted by molar-refractivity contribution is 5.96. The second kappa shape index (κ2) is 9.65. The number of carbonyl (C=O) groups is 2. The van der Waals surface area contributed by atoms with Crippen LogP contribution in [-0.2, 0) is 19.5 Å². The standard InChI is InChI=1S/C28H29N7O2/c1-19-4-6-21(7-5-19)23-16-24(31-30-23)27(36)34-15-10-25-22(18-34)26(28(37)33-13-2-3-14-33)32-35(25)17-20-8-11-29-12-9-20/h4-9,11-12,16H,2-3,10,13-15,17-18H2,1H3,(H,30,31). The van der Waals surface area contributed by atoms with Gasteiger partial charge in [0.2, 0.25) is 0 Å². The summed E-state index contributed by atoms with van der Waals surface area (Å²) in [6.07, 6.45) is 6.18. The first-order valence-corrected chi connectivity index (χ1v) is 12.8. The van der Waals surface area contributed by atoms with Gasteiger partial charge < -0.3 is 9.80 Å². The van der Waals surface area contributed by atoms with Gasteiger partial charge in [-0.2, -0.15) is 10.2 Å². The van der Waals surface area contributed by atoms with E-state index in [0.717, 1.165) is 54.0 Å². The molecular formula is C28H29N7O2. The molecular weight excluding hydrogens is 466 g/mol. The van der Waals surface area contributed by atoms with Crippen LogP contribution in [0.2, 0.25) is 0 Å². The first-order chi connectivity index (χ1) is 18.1. The van der Waals surface area contributed by atoms with Crippen LogP contribution in [0.3, 0.4) is 0 Å². The van der Waals surface area contributed by atoms with E-state index >= 15 is 0 Å². The molecule has 6 rings (SSSR count). The third-order valence-corrected chi connectivity index (χ3v) is 7.25. The van der Waals surface area contributed by atoms with Gasteiger partial charge in [-0.15, -0.1) is 0 Å². The number of hydrogen-bond acceptors (Lipinski definition) is 5. The molecule has 2 amide bonds. The first-order valence-electron chi connectivity index (χ1n) is 12.8. The van der Waals surface area contributed by atoms with E-state index in [-0.39, 0.29) is 11.8 Å². The summed E-state index contributed by atoms with van der Waals surface area (Å²) in [7, 11) is 0. The summed E-state index contributed by atoms with van der Waals surface area (Å²) < 4.78 is 1.93. The normalized spacial score (nSPS) is 15.2. The summed E-state index contributed by atoms with van der Waals surface area (Å²) >= 11 is 0. The fourth-order valence-corrected chi connectivity index (χ4v) is 5.17. The van der Waals surface area contributed by atoms with Crippen LogP contribution in [0.25, 0.3) is 11.3 Å². The van der Waals surface area contributed by atoms with Crippen molar-refractivity contribution >= 4 is 11.8 Å². The smallest absolute Gasteiger partial charge is 0.274 e. The summed E-state index contributed by atoms with van der Waals surface area (Å²) in [5.74, 6) is -0.169. The van der Waals surface area contributed by atoms with E-state index in [1.165, 1.54) is 5.56 Å². The minimum atomic E-state index is -0.127. The highest BCUT2D eigenvalue weighted by Gasteiger charge is 2.33. The maximum atomic E-state index is 13.5. The highest BCUT2D eigenvalue weighted by atomic mass is 16.2. The number of benzene rings is 1. The number of amides is 2. The van der Waals surface area contributed by atoms with Crippen LogP contribution in [-0.4, -0.2) is 66.2 Å². The monoisotopic (exact) mass is 495 g/mol. The lowest BCUT2D eigenvalue weighted by Crippen LogP contribution is -2.37. The number of aryl methyl sites for hydroxylation is 1. The molecule has 188 valence electrons. The molecule has 9 nitrogen and oxygen atoms in total. The maximum absolute atomic E-state index is 13.5. The summed E-state index contributed by atoms with van der Waals surface area (Å²) in [6, 6.07) is 13.8. The molecule has 4 aromatic rings. The summed E-state index contributed by atoms with van der Waals surface area (Å²) in [5.41, 5.74) is 6.71. The lowest BCUT2D eigenvalue weighted by atomic mass is 10.0. The Hall–Kier alpha value is -4.27. The van der Waals surface area contributed by atoms with E-state index in [0.29, 0.717) is 37.4 Å². The van der Waals surface area contributed by atoms with Gasteiger partial charge in [-0.3, -0.25) is 24.4 Å². The molecule has 0 bridgehead atoms. The zero-order chi connectivity index (χ0) is 25.4. The molecule has 37 heavy (non-hydrogen) atoms. The number of nitrogens with one attached hydrogen (secondary N) is 1. The molecule has 1 saturated heterocycles. The van der Waals surface area contributed by atoms with Gasteiger partial charge in [0.15, 0.2) is 5.69 Å². The Morgan fingerprint density at radius 3 is 2.46 bits per heavy atom. The van der Waals surface area contributed by atoms with Crippen LogP contribution in [0.4, 0.5) is 0 Å². The average Bonchev–Trinajstić information content (AvgIpc) is 3.70. The Bertz CT molecular complexity index is 1430. The van der Waals surface area contributed by atoms with E-state index in [2.05, 4.69) is 15.2 Å². The molecule has 2 aliphatic rings. The van der Waals surface area contributed by atoms with Crippen molar-refractivity contribution in [2.24, 2.45) is 0 Å². The van der Waals surface area contributed by atoms with Crippen molar-refractivity contribution < 1.29 is 9.59 Å². The number of aromatic nitrogens is 5. The third kappa shape index (κ3) is 4.52. The maximum Gasteiger partial charge on any atom is 0.274 e. The molecule has 0 aliphatic carbocycles. The lowest BCUT2D eigenvalue weighted by Gasteiger charge is -2.27. The predicted octanol–water partition coefficient (Wildman–Crippen LogP) is 3.46. The lowest BCUT2D eigenvalue weighted by molar-refractivity contribution is 0.0717. The minimum absolute atomic E-state index is 0.0419. The minimum Gasteiger partial charge on any atom is -0.337 e. The number of nitrogens with zero attached hydrogens (tertiary/aromatic N) is 6. The highest BCUT2D eigenvalue weighted by Crippen LogP contribution is 2.27. The molecule has 1 aromatic carbocycles. The van der Waals surface area contributed by atoms with Gasteiger partial charge in [0.25, 0.3) is 11.8 Å². The molecule has 0 saturated carbocycles. The second-order valence-corrected chi connectivity index (χ2v) is 9.80. The van der Waals surface area contributed by atoms with Crippen molar-refractivity contribution in [2.75, 3.05) is 19.6 Å². The molecule has 2 aliphatic heterocycles. The van der Waals surface area contributed by atoms with Crippen LogP contribution in [0.1, 0.15) is 56.2 Å². The van der Waals surface area contributed by atoms with E-state index in [1.807, 2.05) is 52.9 Å². The van der Waals surface area contributed by atoms with Crippen LogP contribution in [0, 0.1) is 6.92 Å². The number of aromatic amines is 1. The molecule has 5 heterocycles. The van der Waals surface area contributed by atoms with Crippen LogP contribution < -0.4 is 0 Å². The fourth-order valence-electron chi connectivity index (χ4n) is 5.17. The summed E-state index contributed by atoms with van der Waals surface area (Å²) in [5, 5.41) is 12.1. The summed E-state index contributed by atoms with van der Waals surface area (Å²) in [4.78, 5) is 34.7. The number of rotatable bonds is 5. The topological polar surface area (TPSA) is 100 Å². The molecule has 0 spiro atoms. The zero-order valence-corrected chi connectivity index (χ0v) is 20.9. The number of pyridine rings is 1. The SMILES string of the molecule is Cc1ccc(-c2cc(C(=O)N3CCc4c(c(C(=O)N5CCCC5)nn4Cc4ccncc4)C3)[nH]n2)cc1. The Kier molecular flexibility index (Phi) is 6.04. The third-order valence-electron chi connectivity index (χ3n) is 7.25. The van der Waals surface area contributed by atoms with Crippen molar-refractivity contribution in [3.63, 3.8) is 0 Å². The first kappa shape index (κ1) is 23.1. The largest absolute Gasteiger partial charge is 0.337 e. The molecule has 9 heteroatoms. The number of H-pyrrole nitrogens is 1. The number of hydrogen-bond donors (Lipinski definition) is 1. The van der Waals surface area contributed by atoms with Crippen molar-refractivity contribution in [2.45, 2.75) is 39.3 Å². The molecule has 0 atom stereocenters. The molecule has 1 N–H and O–H groups in total. The summed E-state index contributed by atoms with van der Waals surface area (Å²) in [6.45, 7) is 5.00. The Morgan fingerprint density at radius 1 is 0.946 bits per heavy atom. The van der Waals surface area contributed by atoms with Gasteiger partial charge in [-0.1, -0.05) is 29.8 Å². The Labute approximate surface area is 215 Å². The number of likely N-dealkylation sites (tertiary alicyclic amines) is 1. The fraction of sp³-hybridized carbons (Fsp3) is 0.321. The second-order valence-electron chi connectivity index (χ2n) is 9.80. The average molecular weight is 496 g/mol. The van der Waals surface area contributed by atoms with Gasteiger partial charge >= 0.3 is 0 Å². The molecule has 0 radical (unpaired) electrons. The molecule has 0 unspecified atom stereocenters. The van der Waals surface area contributed by atoms with Crippen LogP contribution in [0.5, 0.6) is 0 Å². The van der Waals surface area contributed by atoms with Gasteiger partial charge in [-0.25, -0.2) is 0 Å². The van der Waals surface area contributed by atoms with E-state index in [4.69, 9.17) is 5.10 Å². The predicted molar refractivity (Wildman–Crippen MR) is 138 cm³/mol. The van der Waals surface area contributed by atoms with Crippen LogP contribution in [0.15, 0.2) is 54.9 Å². The number of carbonyl (C=O) groups excluding carboxylic acids is 2. The van der Waals surface area contributed by atoms with E-state index < -0.39 is 0 Å². The van der Waals surface area contributed by atoms with Gasteiger partial charge in [0.05, 0.1) is 18.8 Å². The van der Waals surface area contributed by atoms with Crippen molar-refractivity contribution in [3.8, 4) is 11.3 Å². The molecule has 1 fully saturated rings. The Morgan fingerprint density at radius 2 is 1.70 bits per heavy atom. The van der Waals surface area contributed by atoms with Crippen molar-refractivity contribution in [1.29, 1.82) is 0 Å². The Balaban J connectivity index is 1.28. The van der Waals surface area contributed by atoms with Crippen LogP contribution >= 0.6 is 0 Å². The molecule has 3 aromatic heterocycles. The van der Waals surface area contributed by atoms with Crippen molar-refractivity contribution in [1.82, 2.24) is 34.8 Å². The van der Waals surface area contributed by atoms with Gasteiger partial charge in [-0.05, 0) is 43.5 Å². The van der Waals surface area contributed by atoms with Gasteiger partial charge in [0.1, 0.15) is 5.69 Å². The number of fused-ring (bicyclic) bond motifs is 1. The van der Waals surface area contributed by atoms with E-state index in [9.17, 15) is 9.59 Å². The van der Waals surface area contributed by atoms with Crippen molar-refractivity contribution in [3.05, 3.63) is 88.6 Å². The van der Waals surface area contributed by atoms with Gasteiger partial charge in [0, 0.05) is 55.3 Å². The van der Waals surface area contributed by atoms with E-state index in [1.54, 1.807) is 23.4 Å². The zero-order valence-electron chi connectivity index (χ0n) is 20.9. The quantitative estimate of drug-likeness (QED) is 0.457.